The van der Waals surface area contributed by atoms with Crippen LogP contribution in [0.25, 0.3) is 16.9 Å². The molecule has 5 heteroatoms. The lowest BCUT2D eigenvalue weighted by molar-refractivity contribution is 0.157. The fourth-order valence-electron chi connectivity index (χ4n) is 4.74. The summed E-state index contributed by atoms with van der Waals surface area (Å²) in [5, 5.41) is 5.05. The summed E-state index contributed by atoms with van der Waals surface area (Å²) in [6, 6.07) is 17.1. The Labute approximate surface area is 192 Å². The van der Waals surface area contributed by atoms with Gasteiger partial charge in [-0.25, -0.2) is 4.68 Å². The highest BCUT2D eigenvalue weighted by molar-refractivity contribution is 5.63. The van der Waals surface area contributed by atoms with Crippen LogP contribution in [0.4, 0.5) is 0 Å². The summed E-state index contributed by atoms with van der Waals surface area (Å²) in [5.74, 6) is 0.714. The Hall–Kier alpha value is -2.47. The fraction of sp³-hybridized carbons (Fsp3) is 0.444. The number of hydrogen-bond donors (Lipinski definition) is 0. The van der Waals surface area contributed by atoms with Gasteiger partial charge in [0.2, 0.25) is 0 Å². The van der Waals surface area contributed by atoms with Crippen LogP contribution in [-0.2, 0) is 11.3 Å². The molecule has 3 aromatic rings. The zero-order valence-electron chi connectivity index (χ0n) is 19.9. The average molecular weight is 433 g/mol. The normalized spacial score (nSPS) is 16.8. The van der Waals surface area contributed by atoms with Crippen molar-refractivity contribution in [1.82, 2.24) is 19.6 Å². The minimum atomic E-state index is 0.714. The summed E-state index contributed by atoms with van der Waals surface area (Å²) in [5.41, 5.74) is 7.16. The van der Waals surface area contributed by atoms with Crippen molar-refractivity contribution in [2.24, 2.45) is 5.92 Å². The van der Waals surface area contributed by atoms with E-state index in [1.165, 1.54) is 41.8 Å². The third-order valence-corrected chi connectivity index (χ3v) is 6.44. The van der Waals surface area contributed by atoms with Crippen LogP contribution in [0, 0.1) is 19.8 Å². The molecule has 0 spiro atoms. The van der Waals surface area contributed by atoms with Crippen molar-refractivity contribution in [1.29, 1.82) is 0 Å². The van der Waals surface area contributed by atoms with Crippen LogP contribution in [0.1, 0.15) is 23.1 Å². The number of rotatable bonds is 9. The van der Waals surface area contributed by atoms with E-state index in [-0.39, 0.29) is 0 Å². The Bertz CT molecular complexity index is 1010. The molecular weight excluding hydrogens is 396 g/mol. The Morgan fingerprint density at radius 3 is 2.72 bits per heavy atom. The fourth-order valence-corrected chi connectivity index (χ4v) is 4.74. The molecule has 1 aromatic heterocycles. The second kappa shape index (κ2) is 10.4. The molecule has 0 saturated carbocycles. The molecule has 1 aliphatic rings. The minimum absolute atomic E-state index is 0.714. The number of ether oxygens (including phenoxy) is 1. The standard InChI is InChI=1S/C27H36N4O/c1-21-10-11-22(2)26(16-21)31-20-25(27(28-31)24-8-6-5-7-9-24)19-29(3)17-23-12-13-30(18-23)14-15-32-4/h5-11,16,20,23H,12-15,17-19H2,1-4H3/t23-/m0/s1. The van der Waals surface area contributed by atoms with Crippen LogP contribution in [0.3, 0.4) is 0 Å². The topological polar surface area (TPSA) is 33.5 Å². The first-order valence-electron chi connectivity index (χ1n) is 11.6. The van der Waals surface area contributed by atoms with E-state index >= 15 is 0 Å². The molecule has 1 fully saturated rings. The predicted molar refractivity (Wildman–Crippen MR) is 131 cm³/mol. The first-order chi connectivity index (χ1) is 15.5. The summed E-state index contributed by atoms with van der Waals surface area (Å²) < 4.78 is 7.31. The van der Waals surface area contributed by atoms with Crippen molar-refractivity contribution < 1.29 is 4.74 Å². The molecule has 5 nitrogen and oxygen atoms in total. The largest absolute Gasteiger partial charge is 0.383 e. The summed E-state index contributed by atoms with van der Waals surface area (Å²) in [4.78, 5) is 4.98. The molecule has 0 radical (unpaired) electrons. The molecule has 1 atom stereocenters. The first-order valence-corrected chi connectivity index (χ1v) is 11.6. The van der Waals surface area contributed by atoms with E-state index in [0.29, 0.717) is 5.92 Å². The van der Waals surface area contributed by atoms with Crippen molar-refractivity contribution in [2.45, 2.75) is 26.8 Å². The van der Waals surface area contributed by atoms with Gasteiger partial charge in [-0.3, -0.25) is 0 Å². The van der Waals surface area contributed by atoms with Gasteiger partial charge in [-0.05, 0) is 57.0 Å². The number of benzene rings is 2. The lowest BCUT2D eigenvalue weighted by Crippen LogP contribution is -2.29. The van der Waals surface area contributed by atoms with Gasteiger partial charge in [-0.1, -0.05) is 42.5 Å². The van der Waals surface area contributed by atoms with E-state index in [1.54, 1.807) is 7.11 Å². The van der Waals surface area contributed by atoms with Crippen LogP contribution in [0.2, 0.25) is 0 Å². The highest BCUT2D eigenvalue weighted by Gasteiger charge is 2.24. The molecule has 170 valence electrons. The maximum absolute atomic E-state index is 5.25. The summed E-state index contributed by atoms with van der Waals surface area (Å²) in [6.07, 6.45) is 3.49. The van der Waals surface area contributed by atoms with Gasteiger partial charge in [0.05, 0.1) is 18.0 Å². The smallest absolute Gasteiger partial charge is 0.0972 e. The van der Waals surface area contributed by atoms with E-state index in [0.717, 1.165) is 37.6 Å². The van der Waals surface area contributed by atoms with Crippen molar-refractivity contribution >= 4 is 0 Å². The highest BCUT2D eigenvalue weighted by Crippen LogP contribution is 2.27. The monoisotopic (exact) mass is 432 g/mol. The first kappa shape index (κ1) is 22.7. The van der Waals surface area contributed by atoms with Crippen LogP contribution in [0.5, 0.6) is 0 Å². The zero-order chi connectivity index (χ0) is 22.5. The second-order valence-corrected chi connectivity index (χ2v) is 9.25. The zero-order valence-corrected chi connectivity index (χ0v) is 19.9. The van der Waals surface area contributed by atoms with Crippen molar-refractivity contribution in [3.8, 4) is 16.9 Å². The van der Waals surface area contributed by atoms with Crippen LogP contribution in [-0.4, -0.2) is 66.5 Å². The third kappa shape index (κ3) is 5.47. The van der Waals surface area contributed by atoms with Crippen molar-refractivity contribution in [2.75, 3.05) is 46.9 Å². The number of methoxy groups -OCH3 is 1. The van der Waals surface area contributed by atoms with Gasteiger partial charge in [0.25, 0.3) is 0 Å². The molecule has 0 amide bonds. The number of hydrogen-bond acceptors (Lipinski definition) is 4. The van der Waals surface area contributed by atoms with E-state index in [2.05, 4.69) is 90.1 Å². The number of nitrogens with zero attached hydrogens (tertiary/aromatic N) is 4. The maximum atomic E-state index is 5.25. The number of aromatic nitrogens is 2. The van der Waals surface area contributed by atoms with Gasteiger partial charge in [0, 0.05) is 50.6 Å². The minimum Gasteiger partial charge on any atom is -0.383 e. The van der Waals surface area contributed by atoms with Gasteiger partial charge in [0.15, 0.2) is 0 Å². The molecule has 4 rings (SSSR count). The molecule has 1 aliphatic heterocycles. The number of aryl methyl sites for hydroxylation is 2. The van der Waals surface area contributed by atoms with E-state index < -0.39 is 0 Å². The molecular formula is C27H36N4O. The van der Waals surface area contributed by atoms with Gasteiger partial charge >= 0.3 is 0 Å². The molecule has 32 heavy (non-hydrogen) atoms. The summed E-state index contributed by atoms with van der Waals surface area (Å²) in [7, 11) is 4.02. The van der Waals surface area contributed by atoms with Crippen molar-refractivity contribution in [3.63, 3.8) is 0 Å². The molecule has 2 aromatic carbocycles. The molecule has 0 bridgehead atoms. The Morgan fingerprint density at radius 1 is 1.12 bits per heavy atom. The Balaban J connectivity index is 1.53. The lowest BCUT2D eigenvalue weighted by atomic mass is 10.1. The highest BCUT2D eigenvalue weighted by atomic mass is 16.5. The molecule has 0 N–H and O–H groups in total. The lowest BCUT2D eigenvalue weighted by Gasteiger charge is -2.21. The summed E-state index contributed by atoms with van der Waals surface area (Å²) >= 11 is 0. The molecule has 1 saturated heterocycles. The van der Waals surface area contributed by atoms with Crippen LogP contribution >= 0.6 is 0 Å². The summed E-state index contributed by atoms with van der Waals surface area (Å²) in [6.45, 7) is 10.5. The third-order valence-electron chi connectivity index (χ3n) is 6.44. The van der Waals surface area contributed by atoms with E-state index in [1.807, 2.05) is 0 Å². The van der Waals surface area contributed by atoms with Gasteiger partial charge in [-0.2, -0.15) is 5.10 Å². The predicted octanol–water partition coefficient (Wildman–Crippen LogP) is 4.56. The van der Waals surface area contributed by atoms with E-state index in [4.69, 9.17) is 9.84 Å². The molecule has 2 heterocycles. The average Bonchev–Trinajstić information content (AvgIpc) is 3.41. The quantitative estimate of drug-likeness (QED) is 0.496. The van der Waals surface area contributed by atoms with Gasteiger partial charge in [0.1, 0.15) is 0 Å². The second-order valence-electron chi connectivity index (χ2n) is 9.25. The maximum Gasteiger partial charge on any atom is 0.0972 e. The Morgan fingerprint density at radius 2 is 1.94 bits per heavy atom. The number of likely N-dealkylation sites (tertiary alicyclic amines) is 1. The van der Waals surface area contributed by atoms with Crippen molar-refractivity contribution in [3.05, 3.63) is 71.4 Å². The van der Waals surface area contributed by atoms with Crippen LogP contribution in [0.15, 0.2) is 54.7 Å². The van der Waals surface area contributed by atoms with Crippen LogP contribution < -0.4 is 0 Å². The van der Waals surface area contributed by atoms with Gasteiger partial charge in [-0.15, -0.1) is 0 Å². The molecule has 0 unspecified atom stereocenters. The van der Waals surface area contributed by atoms with E-state index in [9.17, 15) is 0 Å². The van der Waals surface area contributed by atoms with Gasteiger partial charge < -0.3 is 14.5 Å². The molecule has 0 aliphatic carbocycles. The Kier molecular flexibility index (Phi) is 7.40. The SMILES string of the molecule is COCCN1CC[C@@H](CN(C)Cc2cn(-c3cc(C)ccc3C)nc2-c2ccccc2)C1.